The number of hydrogen-bond donors (Lipinski definition) is 1. The van der Waals surface area contributed by atoms with E-state index in [1.807, 2.05) is 32.0 Å². The Kier molecular flexibility index (Phi) is 6.65. The fraction of sp³-hybridized carbons (Fsp3) is 0.348. The molecule has 0 bridgehead atoms. The van der Waals surface area contributed by atoms with Gasteiger partial charge in [0.15, 0.2) is 0 Å². The summed E-state index contributed by atoms with van der Waals surface area (Å²) in [6, 6.07) is 8.61. The highest BCUT2D eigenvalue weighted by atomic mass is 16.5. The summed E-state index contributed by atoms with van der Waals surface area (Å²) in [6.07, 6.45) is 5.88. The number of hydrogen-bond acceptors (Lipinski definition) is 8. The van der Waals surface area contributed by atoms with E-state index >= 15 is 0 Å². The Morgan fingerprint density at radius 3 is 2.68 bits per heavy atom. The second kappa shape index (κ2) is 9.39. The van der Waals surface area contributed by atoms with Gasteiger partial charge in [0.05, 0.1) is 30.1 Å². The van der Waals surface area contributed by atoms with E-state index in [0.29, 0.717) is 18.1 Å². The predicted molar refractivity (Wildman–Crippen MR) is 120 cm³/mol. The standard InChI is InChI=1S/C22H23N7O.CH4/c1-14-4-5-20(16(8-14)9-23)29-7-6-19-18(12-29)21(27-13-26-19)28-15(2)17-10-24-22(30-3)25-11-17;/h4-5,8,10-11,13,15H,6-7,12H2,1-3H3,(H,26,27,28);1H4/t15-;/m0./s1. The van der Waals surface area contributed by atoms with Gasteiger partial charge in [-0.1, -0.05) is 13.5 Å². The summed E-state index contributed by atoms with van der Waals surface area (Å²) in [5, 5.41) is 13.0. The quantitative estimate of drug-likeness (QED) is 0.669. The average Bonchev–Trinajstić information content (AvgIpc) is 2.79. The minimum Gasteiger partial charge on any atom is -0.467 e. The Bertz CT molecular complexity index is 1090. The van der Waals surface area contributed by atoms with Crippen molar-refractivity contribution in [1.29, 1.82) is 5.26 Å². The first-order valence-corrected chi connectivity index (χ1v) is 9.80. The summed E-state index contributed by atoms with van der Waals surface area (Å²) in [5.74, 6) is 0.790. The highest BCUT2D eigenvalue weighted by Gasteiger charge is 2.24. The topological polar surface area (TPSA) is 99.9 Å². The molecule has 0 unspecified atom stereocenters. The van der Waals surface area contributed by atoms with E-state index < -0.39 is 0 Å². The van der Waals surface area contributed by atoms with E-state index in [9.17, 15) is 5.26 Å². The first kappa shape index (κ1) is 22.0. The van der Waals surface area contributed by atoms with E-state index in [4.69, 9.17) is 4.74 Å². The molecule has 3 aromatic rings. The molecule has 1 atom stereocenters. The predicted octanol–water partition coefficient (Wildman–Crippen LogP) is 3.83. The second-order valence-corrected chi connectivity index (χ2v) is 7.32. The molecule has 160 valence electrons. The zero-order valence-electron chi connectivity index (χ0n) is 17.3. The van der Waals surface area contributed by atoms with Gasteiger partial charge in [-0.05, 0) is 31.5 Å². The van der Waals surface area contributed by atoms with Crippen molar-refractivity contribution in [2.75, 3.05) is 23.9 Å². The van der Waals surface area contributed by atoms with Crippen LogP contribution in [0.4, 0.5) is 11.5 Å². The fourth-order valence-corrected chi connectivity index (χ4v) is 3.63. The number of fused-ring (bicyclic) bond motifs is 1. The van der Waals surface area contributed by atoms with Gasteiger partial charge in [0, 0.05) is 43.0 Å². The van der Waals surface area contributed by atoms with Crippen LogP contribution >= 0.6 is 0 Å². The number of rotatable bonds is 5. The number of benzene rings is 1. The number of ether oxygens (including phenoxy) is 1. The summed E-state index contributed by atoms with van der Waals surface area (Å²) in [4.78, 5) is 19.6. The molecule has 0 radical (unpaired) electrons. The first-order valence-electron chi connectivity index (χ1n) is 9.80. The van der Waals surface area contributed by atoms with Gasteiger partial charge in [0.25, 0.3) is 0 Å². The number of nitrogens with one attached hydrogen (secondary N) is 1. The Labute approximate surface area is 183 Å². The van der Waals surface area contributed by atoms with Gasteiger partial charge < -0.3 is 15.0 Å². The molecule has 0 saturated carbocycles. The molecule has 8 heteroatoms. The van der Waals surface area contributed by atoms with Crippen molar-refractivity contribution in [3.8, 4) is 12.1 Å². The zero-order valence-corrected chi connectivity index (χ0v) is 17.3. The zero-order chi connectivity index (χ0) is 21.1. The van der Waals surface area contributed by atoms with Crippen molar-refractivity contribution in [2.24, 2.45) is 0 Å². The van der Waals surface area contributed by atoms with Crippen LogP contribution in [-0.2, 0) is 13.0 Å². The van der Waals surface area contributed by atoms with Crippen molar-refractivity contribution < 1.29 is 4.74 Å². The van der Waals surface area contributed by atoms with E-state index in [0.717, 1.165) is 46.9 Å². The monoisotopic (exact) mass is 417 g/mol. The van der Waals surface area contributed by atoms with Crippen LogP contribution in [0.5, 0.6) is 6.01 Å². The van der Waals surface area contributed by atoms with Crippen molar-refractivity contribution in [3.63, 3.8) is 0 Å². The van der Waals surface area contributed by atoms with Gasteiger partial charge >= 0.3 is 6.01 Å². The van der Waals surface area contributed by atoms with Crippen LogP contribution in [0.3, 0.4) is 0 Å². The van der Waals surface area contributed by atoms with Crippen molar-refractivity contribution in [3.05, 3.63) is 64.9 Å². The normalized spacial score (nSPS) is 13.4. The van der Waals surface area contributed by atoms with E-state index in [1.165, 1.54) is 0 Å². The molecule has 1 aliphatic heterocycles. The van der Waals surface area contributed by atoms with Crippen molar-refractivity contribution in [2.45, 2.75) is 40.3 Å². The molecule has 8 nitrogen and oxygen atoms in total. The molecular weight excluding hydrogens is 390 g/mol. The number of anilines is 2. The van der Waals surface area contributed by atoms with Crippen LogP contribution in [0.25, 0.3) is 0 Å². The molecule has 4 rings (SSSR count). The minimum absolute atomic E-state index is 0. The molecule has 1 N–H and O–H groups in total. The fourth-order valence-electron chi connectivity index (χ4n) is 3.63. The number of methoxy groups -OCH3 is 1. The smallest absolute Gasteiger partial charge is 0.316 e. The Morgan fingerprint density at radius 2 is 1.97 bits per heavy atom. The lowest BCUT2D eigenvalue weighted by atomic mass is 10.0. The Hall–Kier alpha value is -3.73. The maximum atomic E-state index is 9.57. The number of nitrogens with zero attached hydrogens (tertiary/aromatic N) is 6. The van der Waals surface area contributed by atoms with Crippen LogP contribution in [0, 0.1) is 18.3 Å². The highest BCUT2D eigenvalue weighted by molar-refractivity contribution is 5.63. The van der Waals surface area contributed by atoms with Gasteiger partial charge in [0.1, 0.15) is 18.2 Å². The maximum Gasteiger partial charge on any atom is 0.316 e. The van der Waals surface area contributed by atoms with Crippen LogP contribution < -0.4 is 15.0 Å². The summed E-state index contributed by atoms with van der Waals surface area (Å²) in [5.41, 5.74) is 5.73. The molecule has 2 aromatic heterocycles. The van der Waals surface area contributed by atoms with Gasteiger partial charge in [-0.2, -0.15) is 5.26 Å². The molecule has 0 amide bonds. The highest BCUT2D eigenvalue weighted by Crippen LogP contribution is 2.31. The second-order valence-electron chi connectivity index (χ2n) is 7.32. The number of nitriles is 1. The number of aryl methyl sites for hydroxylation is 1. The SMILES string of the molecule is C.COc1ncc([C@H](C)Nc2ncnc3c2CN(c2ccc(C)cc2C#N)CC3)cn1. The largest absolute Gasteiger partial charge is 0.467 e. The third-order valence-corrected chi connectivity index (χ3v) is 5.30. The first-order chi connectivity index (χ1) is 14.6. The molecule has 31 heavy (non-hydrogen) atoms. The van der Waals surface area contributed by atoms with Gasteiger partial charge in [-0.25, -0.2) is 19.9 Å². The maximum absolute atomic E-state index is 9.57. The van der Waals surface area contributed by atoms with E-state index in [-0.39, 0.29) is 13.5 Å². The lowest BCUT2D eigenvalue weighted by Crippen LogP contribution is -2.32. The van der Waals surface area contributed by atoms with Gasteiger partial charge in [-0.3, -0.25) is 0 Å². The number of aromatic nitrogens is 4. The lowest BCUT2D eigenvalue weighted by Gasteiger charge is -2.32. The van der Waals surface area contributed by atoms with Crippen LogP contribution in [0.1, 0.15) is 48.3 Å². The van der Waals surface area contributed by atoms with E-state index in [1.54, 1.807) is 25.8 Å². The molecule has 1 aliphatic rings. The molecule has 0 saturated heterocycles. The van der Waals surface area contributed by atoms with Crippen molar-refractivity contribution in [1.82, 2.24) is 19.9 Å². The van der Waals surface area contributed by atoms with Gasteiger partial charge in [0.2, 0.25) is 0 Å². The van der Waals surface area contributed by atoms with Crippen molar-refractivity contribution >= 4 is 11.5 Å². The summed E-state index contributed by atoms with van der Waals surface area (Å²) >= 11 is 0. The summed E-state index contributed by atoms with van der Waals surface area (Å²) in [7, 11) is 1.54. The molecular formula is C23H27N7O. The molecule has 0 spiro atoms. The summed E-state index contributed by atoms with van der Waals surface area (Å²) in [6.45, 7) is 5.48. The molecule has 0 aliphatic carbocycles. The average molecular weight is 418 g/mol. The third kappa shape index (κ3) is 4.56. The molecule has 1 aromatic carbocycles. The minimum atomic E-state index is -0.0423. The van der Waals surface area contributed by atoms with Crippen LogP contribution in [0.2, 0.25) is 0 Å². The molecule has 0 fully saturated rings. The third-order valence-electron chi connectivity index (χ3n) is 5.30. The molecule has 3 heterocycles. The Morgan fingerprint density at radius 1 is 1.19 bits per heavy atom. The summed E-state index contributed by atoms with van der Waals surface area (Å²) < 4.78 is 5.03. The van der Waals surface area contributed by atoms with E-state index in [2.05, 4.69) is 36.2 Å². The van der Waals surface area contributed by atoms with Gasteiger partial charge in [-0.15, -0.1) is 0 Å². The van der Waals surface area contributed by atoms with Crippen LogP contribution in [0.15, 0.2) is 36.9 Å². The van der Waals surface area contributed by atoms with Crippen LogP contribution in [-0.4, -0.2) is 33.6 Å². The Balaban J connectivity index is 0.00000272. The lowest BCUT2D eigenvalue weighted by molar-refractivity contribution is 0.379.